The fourth-order valence-corrected chi connectivity index (χ4v) is 2.08. The zero-order chi connectivity index (χ0) is 16.3. The Morgan fingerprint density at radius 1 is 1.14 bits per heavy atom. The highest BCUT2D eigenvalue weighted by molar-refractivity contribution is 5.46. The summed E-state index contributed by atoms with van der Waals surface area (Å²) in [5.41, 5.74) is 7.65. The van der Waals surface area contributed by atoms with Crippen LogP contribution in [0.2, 0.25) is 0 Å². The van der Waals surface area contributed by atoms with Crippen molar-refractivity contribution in [3.8, 4) is 11.8 Å². The summed E-state index contributed by atoms with van der Waals surface area (Å²) < 4.78 is 27.5. The topological polar surface area (TPSA) is 42.1 Å². The second-order valence-corrected chi connectivity index (χ2v) is 5.38. The standard InChI is InChI=1S/C17H17F2N3/c1-11-6-14(21-16(20)7-11)5-4-13-8-12(10-22(2)3)9-15(18)17(13)19/h6-9H,10H2,1-3H3,(H2,20,21). The van der Waals surface area contributed by atoms with Gasteiger partial charge in [0.2, 0.25) is 0 Å². The van der Waals surface area contributed by atoms with Gasteiger partial charge in [0.25, 0.3) is 0 Å². The molecule has 0 saturated carbocycles. The highest BCUT2D eigenvalue weighted by Crippen LogP contribution is 2.15. The van der Waals surface area contributed by atoms with Gasteiger partial charge in [-0.2, -0.15) is 0 Å². The molecule has 22 heavy (non-hydrogen) atoms. The van der Waals surface area contributed by atoms with E-state index in [1.807, 2.05) is 25.9 Å². The molecule has 0 saturated heterocycles. The van der Waals surface area contributed by atoms with Gasteiger partial charge >= 0.3 is 0 Å². The van der Waals surface area contributed by atoms with Crippen molar-refractivity contribution in [3.05, 3.63) is 58.3 Å². The van der Waals surface area contributed by atoms with Crippen LogP contribution in [-0.2, 0) is 6.54 Å². The minimum atomic E-state index is -0.948. The van der Waals surface area contributed by atoms with E-state index in [0.29, 0.717) is 23.6 Å². The molecule has 2 rings (SSSR count). The Kier molecular flexibility index (Phi) is 4.74. The SMILES string of the molecule is Cc1cc(N)nc(C#Cc2cc(CN(C)C)cc(F)c2F)c1. The number of nitrogens with zero attached hydrogens (tertiary/aromatic N) is 2. The molecule has 0 aliphatic rings. The molecule has 0 aliphatic heterocycles. The maximum atomic E-state index is 13.8. The van der Waals surface area contributed by atoms with Gasteiger partial charge in [-0.15, -0.1) is 0 Å². The lowest BCUT2D eigenvalue weighted by atomic mass is 10.1. The number of hydrogen-bond acceptors (Lipinski definition) is 3. The first-order chi connectivity index (χ1) is 10.3. The third-order valence-corrected chi connectivity index (χ3v) is 2.90. The van der Waals surface area contributed by atoms with Gasteiger partial charge in [0.15, 0.2) is 11.6 Å². The first-order valence-corrected chi connectivity index (χ1v) is 6.74. The fraction of sp³-hybridized carbons (Fsp3) is 0.235. The molecule has 0 bridgehead atoms. The summed E-state index contributed by atoms with van der Waals surface area (Å²) in [7, 11) is 3.71. The largest absolute Gasteiger partial charge is 0.384 e. The van der Waals surface area contributed by atoms with E-state index < -0.39 is 11.6 Å². The smallest absolute Gasteiger partial charge is 0.174 e. The molecule has 5 heteroatoms. The van der Waals surface area contributed by atoms with Crippen molar-refractivity contribution < 1.29 is 8.78 Å². The predicted octanol–water partition coefficient (Wildman–Crippen LogP) is 2.71. The van der Waals surface area contributed by atoms with Crippen molar-refractivity contribution in [1.29, 1.82) is 0 Å². The molecule has 114 valence electrons. The van der Waals surface area contributed by atoms with E-state index in [2.05, 4.69) is 16.8 Å². The maximum Gasteiger partial charge on any atom is 0.174 e. The molecule has 2 N–H and O–H groups in total. The lowest BCUT2D eigenvalue weighted by Crippen LogP contribution is -2.11. The average Bonchev–Trinajstić information content (AvgIpc) is 2.39. The minimum absolute atomic E-state index is 0.0127. The van der Waals surface area contributed by atoms with Crippen molar-refractivity contribution in [1.82, 2.24) is 9.88 Å². The van der Waals surface area contributed by atoms with Crippen molar-refractivity contribution in [3.63, 3.8) is 0 Å². The van der Waals surface area contributed by atoms with Crippen molar-refractivity contribution in [2.75, 3.05) is 19.8 Å². The molecule has 1 aromatic heterocycles. The molecule has 1 aromatic carbocycles. The van der Waals surface area contributed by atoms with Gasteiger partial charge in [0.1, 0.15) is 11.5 Å². The van der Waals surface area contributed by atoms with Crippen LogP contribution in [0.1, 0.15) is 22.4 Å². The number of halogens is 2. The van der Waals surface area contributed by atoms with Crippen LogP contribution >= 0.6 is 0 Å². The molecular weight excluding hydrogens is 284 g/mol. The van der Waals surface area contributed by atoms with Gasteiger partial charge in [-0.1, -0.05) is 5.92 Å². The van der Waals surface area contributed by atoms with Crippen LogP contribution < -0.4 is 5.73 Å². The van der Waals surface area contributed by atoms with E-state index in [9.17, 15) is 8.78 Å². The Balaban J connectivity index is 2.41. The first-order valence-electron chi connectivity index (χ1n) is 6.74. The number of benzene rings is 1. The number of aryl methyl sites for hydroxylation is 1. The van der Waals surface area contributed by atoms with Gasteiger partial charge in [0, 0.05) is 6.54 Å². The molecule has 0 atom stereocenters. The van der Waals surface area contributed by atoms with Crippen molar-refractivity contribution in [2.24, 2.45) is 0 Å². The monoisotopic (exact) mass is 301 g/mol. The summed E-state index contributed by atoms with van der Waals surface area (Å²) in [5, 5.41) is 0. The third kappa shape index (κ3) is 4.03. The normalized spacial score (nSPS) is 10.5. The molecule has 0 spiro atoms. The lowest BCUT2D eigenvalue weighted by Gasteiger charge is -2.10. The van der Waals surface area contributed by atoms with E-state index in [0.717, 1.165) is 5.56 Å². The van der Waals surface area contributed by atoms with Crippen LogP contribution in [0, 0.1) is 30.4 Å². The predicted molar refractivity (Wildman–Crippen MR) is 83.1 cm³/mol. The van der Waals surface area contributed by atoms with Crippen LogP contribution in [0.4, 0.5) is 14.6 Å². The van der Waals surface area contributed by atoms with Gasteiger partial charge < -0.3 is 10.6 Å². The van der Waals surface area contributed by atoms with E-state index in [4.69, 9.17) is 5.73 Å². The van der Waals surface area contributed by atoms with Crippen LogP contribution in [0.25, 0.3) is 0 Å². The van der Waals surface area contributed by atoms with Crippen molar-refractivity contribution >= 4 is 5.82 Å². The zero-order valence-electron chi connectivity index (χ0n) is 12.7. The quantitative estimate of drug-likeness (QED) is 0.867. The fourth-order valence-electron chi connectivity index (χ4n) is 2.08. The summed E-state index contributed by atoms with van der Waals surface area (Å²) in [4.78, 5) is 5.92. The number of pyridine rings is 1. The van der Waals surface area contributed by atoms with Gasteiger partial charge in [-0.25, -0.2) is 13.8 Å². The Morgan fingerprint density at radius 3 is 2.50 bits per heavy atom. The second-order valence-electron chi connectivity index (χ2n) is 5.38. The van der Waals surface area contributed by atoms with Gasteiger partial charge in [-0.3, -0.25) is 0 Å². The van der Waals surface area contributed by atoms with E-state index in [1.165, 1.54) is 6.07 Å². The van der Waals surface area contributed by atoms with Crippen LogP contribution in [0.5, 0.6) is 0 Å². The van der Waals surface area contributed by atoms with E-state index in [-0.39, 0.29) is 5.56 Å². The minimum Gasteiger partial charge on any atom is -0.384 e. The van der Waals surface area contributed by atoms with Crippen LogP contribution in [0.15, 0.2) is 24.3 Å². The van der Waals surface area contributed by atoms with Gasteiger partial charge in [0.05, 0.1) is 5.56 Å². The summed E-state index contributed by atoms with van der Waals surface area (Å²) in [5.74, 6) is 3.86. The van der Waals surface area contributed by atoms with E-state index >= 15 is 0 Å². The van der Waals surface area contributed by atoms with Gasteiger partial charge in [-0.05, 0) is 62.3 Å². The molecule has 0 fully saturated rings. The molecule has 3 nitrogen and oxygen atoms in total. The Bertz CT molecular complexity index is 738. The lowest BCUT2D eigenvalue weighted by molar-refractivity contribution is 0.400. The molecule has 0 unspecified atom stereocenters. The maximum absolute atomic E-state index is 13.8. The molecule has 0 radical (unpaired) electrons. The molecular formula is C17H17F2N3. The first kappa shape index (κ1) is 15.9. The number of aromatic nitrogens is 1. The average molecular weight is 301 g/mol. The zero-order valence-corrected chi connectivity index (χ0v) is 12.7. The highest BCUT2D eigenvalue weighted by atomic mass is 19.2. The van der Waals surface area contributed by atoms with E-state index in [1.54, 1.807) is 18.2 Å². The molecule has 1 heterocycles. The Morgan fingerprint density at radius 2 is 1.86 bits per heavy atom. The highest BCUT2D eigenvalue weighted by Gasteiger charge is 2.10. The summed E-state index contributed by atoms with van der Waals surface area (Å²) in [6, 6.07) is 6.18. The third-order valence-electron chi connectivity index (χ3n) is 2.90. The number of rotatable bonds is 2. The van der Waals surface area contributed by atoms with Crippen LogP contribution in [0.3, 0.4) is 0 Å². The molecule has 2 aromatic rings. The van der Waals surface area contributed by atoms with Crippen molar-refractivity contribution in [2.45, 2.75) is 13.5 Å². The van der Waals surface area contributed by atoms with Crippen LogP contribution in [-0.4, -0.2) is 24.0 Å². The molecule has 0 amide bonds. The summed E-state index contributed by atoms with van der Waals surface area (Å²) in [6.45, 7) is 2.36. The number of nitrogens with two attached hydrogens (primary N) is 1. The number of hydrogen-bond donors (Lipinski definition) is 1. The summed E-state index contributed by atoms with van der Waals surface area (Å²) >= 11 is 0. The Labute approximate surface area is 128 Å². The number of nitrogen functional groups attached to an aromatic ring is 1. The Hall–Kier alpha value is -2.45. The summed E-state index contributed by atoms with van der Waals surface area (Å²) in [6.07, 6.45) is 0. The number of anilines is 1. The molecule has 0 aliphatic carbocycles. The second kappa shape index (κ2) is 6.54.